The summed E-state index contributed by atoms with van der Waals surface area (Å²) in [4.78, 5) is 4.31. The minimum atomic E-state index is 0. The summed E-state index contributed by atoms with van der Waals surface area (Å²) < 4.78 is 1.75. The normalized spacial score (nSPS) is 9.38. The summed E-state index contributed by atoms with van der Waals surface area (Å²) in [7, 11) is 0. The topological polar surface area (TPSA) is 42.6 Å². The zero-order valence-electron chi connectivity index (χ0n) is 7.31. The maximum absolute atomic E-state index is 7.89. The molecule has 0 amide bonds. The van der Waals surface area contributed by atoms with Crippen LogP contribution >= 0.6 is 0 Å². The standard InChI is InChI=1S/C8H11NO3.Re/c1-2-8-3-5-9(6-4-8)7-11-12-10;/h3-6H,2,7H2,1H3;/p+1. The van der Waals surface area contributed by atoms with Gasteiger partial charge in [0.1, 0.15) is 0 Å². The average molecular weight is 356 g/mol. The van der Waals surface area contributed by atoms with E-state index in [2.05, 4.69) is 16.8 Å². The maximum atomic E-state index is 7.89. The summed E-state index contributed by atoms with van der Waals surface area (Å²) in [6.07, 6.45) is 4.73. The van der Waals surface area contributed by atoms with Crippen LogP contribution in [0.2, 0.25) is 0 Å². The molecule has 4 nitrogen and oxygen atoms in total. The van der Waals surface area contributed by atoms with Gasteiger partial charge in [0.25, 0.3) is 6.73 Å². The van der Waals surface area contributed by atoms with Gasteiger partial charge in [-0.05, 0) is 12.0 Å². The molecule has 1 aromatic heterocycles. The van der Waals surface area contributed by atoms with E-state index >= 15 is 0 Å². The van der Waals surface area contributed by atoms with Crippen molar-refractivity contribution in [1.29, 1.82) is 0 Å². The van der Waals surface area contributed by atoms with E-state index in [1.807, 2.05) is 24.5 Å². The van der Waals surface area contributed by atoms with Crippen LogP contribution in [-0.4, -0.2) is 5.26 Å². The van der Waals surface area contributed by atoms with E-state index in [1.165, 1.54) is 5.56 Å². The van der Waals surface area contributed by atoms with Gasteiger partial charge in [0.05, 0.1) is 0 Å². The monoisotopic (exact) mass is 357 g/mol. The predicted molar refractivity (Wildman–Crippen MR) is 40.8 cm³/mol. The summed E-state index contributed by atoms with van der Waals surface area (Å²) >= 11 is 0. The van der Waals surface area contributed by atoms with Crippen molar-refractivity contribution in [1.82, 2.24) is 0 Å². The van der Waals surface area contributed by atoms with Crippen LogP contribution in [0.15, 0.2) is 24.5 Å². The smallest absolute Gasteiger partial charge is 0.221 e. The van der Waals surface area contributed by atoms with E-state index in [4.69, 9.17) is 5.26 Å². The molecule has 5 heteroatoms. The van der Waals surface area contributed by atoms with Gasteiger partial charge in [0.2, 0.25) is 0 Å². The van der Waals surface area contributed by atoms with Crippen molar-refractivity contribution in [2.75, 3.05) is 0 Å². The number of hydrogen-bond acceptors (Lipinski definition) is 3. The van der Waals surface area contributed by atoms with E-state index < -0.39 is 0 Å². The first-order chi connectivity index (χ1) is 5.86. The molecule has 0 aliphatic carbocycles. The van der Waals surface area contributed by atoms with E-state index in [-0.39, 0.29) is 27.2 Å². The van der Waals surface area contributed by atoms with Crippen LogP contribution in [0.5, 0.6) is 0 Å². The Kier molecular flexibility index (Phi) is 6.96. The van der Waals surface area contributed by atoms with Crippen molar-refractivity contribution in [2.45, 2.75) is 20.1 Å². The summed E-state index contributed by atoms with van der Waals surface area (Å²) in [6, 6.07) is 3.97. The Morgan fingerprint density at radius 3 is 2.46 bits per heavy atom. The van der Waals surface area contributed by atoms with Gasteiger partial charge in [-0.1, -0.05) is 12.0 Å². The Labute approximate surface area is 90.6 Å². The largest absolute Gasteiger partial charge is 0.284 e. The Morgan fingerprint density at radius 2 is 2.00 bits per heavy atom. The van der Waals surface area contributed by atoms with Gasteiger partial charge in [0, 0.05) is 32.6 Å². The first-order valence-electron chi connectivity index (χ1n) is 3.78. The molecule has 1 radical (unpaired) electrons. The third kappa shape index (κ3) is 4.46. The molecule has 73 valence electrons. The van der Waals surface area contributed by atoms with Crippen molar-refractivity contribution in [3.8, 4) is 0 Å². The van der Waals surface area contributed by atoms with Crippen molar-refractivity contribution >= 4 is 0 Å². The summed E-state index contributed by atoms with van der Waals surface area (Å²) in [6.45, 7) is 2.27. The molecule has 1 rings (SSSR count). The molecule has 0 fully saturated rings. The Hall–Kier alpha value is -0.308. The van der Waals surface area contributed by atoms with E-state index in [0.29, 0.717) is 0 Å². The molecule has 0 aliphatic heterocycles. The van der Waals surface area contributed by atoms with E-state index in [1.54, 1.807) is 4.57 Å². The minimum absolute atomic E-state index is 0. The molecule has 1 N–H and O–H groups in total. The maximum Gasteiger partial charge on any atom is 0.284 e. The van der Waals surface area contributed by atoms with Gasteiger partial charge < -0.3 is 0 Å². The second-order valence-corrected chi connectivity index (χ2v) is 2.40. The number of nitrogens with zero attached hydrogens (tertiary/aromatic N) is 1. The molecule has 0 bridgehead atoms. The van der Waals surface area contributed by atoms with E-state index in [9.17, 15) is 0 Å². The number of hydrogen-bond donors (Lipinski definition) is 1. The van der Waals surface area contributed by atoms with Gasteiger partial charge in [-0.25, -0.2) is 5.26 Å². The van der Waals surface area contributed by atoms with Crippen LogP contribution in [-0.2, 0) is 43.5 Å². The number of rotatable bonds is 4. The van der Waals surface area contributed by atoms with Crippen LogP contribution in [0.4, 0.5) is 0 Å². The number of pyridine rings is 1. The van der Waals surface area contributed by atoms with Crippen LogP contribution in [0.3, 0.4) is 0 Å². The first-order valence-corrected chi connectivity index (χ1v) is 3.78. The van der Waals surface area contributed by atoms with Crippen molar-refractivity contribution in [2.24, 2.45) is 0 Å². The van der Waals surface area contributed by atoms with Crippen LogP contribution in [0.25, 0.3) is 0 Å². The van der Waals surface area contributed by atoms with Gasteiger partial charge >= 0.3 is 0 Å². The molecule has 0 saturated heterocycles. The molecule has 13 heavy (non-hydrogen) atoms. The van der Waals surface area contributed by atoms with Crippen LogP contribution in [0.1, 0.15) is 12.5 Å². The Morgan fingerprint density at radius 1 is 1.38 bits per heavy atom. The molecule has 0 unspecified atom stereocenters. The zero-order valence-corrected chi connectivity index (χ0v) is 10.0. The second kappa shape index (κ2) is 7.13. The van der Waals surface area contributed by atoms with Gasteiger partial charge in [-0.2, -0.15) is 4.57 Å². The van der Waals surface area contributed by atoms with Gasteiger partial charge in [-0.15, -0.1) is 4.89 Å². The average Bonchev–Trinajstić information content (AvgIpc) is 2.15. The third-order valence-corrected chi connectivity index (χ3v) is 1.62. The molecule has 0 atom stereocenters. The second-order valence-electron chi connectivity index (χ2n) is 2.40. The molecular formula is C8H12NO3Re+. The Balaban J connectivity index is 0.00000144. The predicted octanol–water partition coefficient (Wildman–Crippen LogP) is 0.913. The molecule has 0 saturated carbocycles. The quantitative estimate of drug-likeness (QED) is 0.496. The fourth-order valence-electron chi connectivity index (χ4n) is 0.894. The molecule has 1 heterocycles. The van der Waals surface area contributed by atoms with Crippen molar-refractivity contribution < 1.29 is 40.2 Å². The first kappa shape index (κ1) is 12.7. The summed E-state index contributed by atoms with van der Waals surface area (Å²) in [5, 5.41) is 11.4. The van der Waals surface area contributed by atoms with Crippen LogP contribution < -0.4 is 4.57 Å². The number of aromatic nitrogens is 1. The van der Waals surface area contributed by atoms with Gasteiger partial charge in [-0.3, -0.25) is 0 Å². The van der Waals surface area contributed by atoms with Crippen molar-refractivity contribution in [3.05, 3.63) is 30.1 Å². The molecule has 0 aromatic carbocycles. The van der Waals surface area contributed by atoms with Crippen LogP contribution in [0, 0.1) is 0 Å². The van der Waals surface area contributed by atoms with E-state index in [0.717, 1.165) is 6.42 Å². The third-order valence-electron chi connectivity index (χ3n) is 1.62. The molecule has 1 aromatic rings. The molecular weight excluding hydrogens is 344 g/mol. The summed E-state index contributed by atoms with van der Waals surface area (Å²) in [5.74, 6) is 0. The minimum Gasteiger partial charge on any atom is -0.221 e. The summed E-state index contributed by atoms with van der Waals surface area (Å²) in [5.41, 5.74) is 1.26. The van der Waals surface area contributed by atoms with Gasteiger partial charge in [0.15, 0.2) is 12.4 Å². The fourth-order valence-corrected chi connectivity index (χ4v) is 0.894. The zero-order chi connectivity index (χ0) is 8.81. The molecule has 0 spiro atoms. The Bertz CT molecular complexity index is 227. The van der Waals surface area contributed by atoms with Crippen molar-refractivity contribution in [3.63, 3.8) is 0 Å². The SMILES string of the molecule is CCc1cc[n+](COOO)cc1.[Re]. The fraction of sp³-hybridized carbons (Fsp3) is 0.375. The molecule has 0 aliphatic rings. The number of aryl methyl sites for hydroxylation is 1.